The second-order valence-electron chi connectivity index (χ2n) is 7.49. The number of hydrogen-bond acceptors (Lipinski definition) is 7. The van der Waals surface area contributed by atoms with Crippen LogP contribution in [0, 0.1) is 0 Å². The number of aromatic nitrogens is 5. The Bertz CT molecular complexity index is 956. The molecule has 4 rings (SSSR count). The van der Waals surface area contributed by atoms with Crippen LogP contribution in [-0.2, 0) is 7.05 Å². The van der Waals surface area contributed by atoms with Crippen molar-refractivity contribution in [1.82, 2.24) is 30.0 Å². The summed E-state index contributed by atoms with van der Waals surface area (Å²) in [5.41, 5.74) is 1.53. The van der Waals surface area contributed by atoms with Crippen LogP contribution in [0.2, 0.25) is 0 Å². The van der Waals surface area contributed by atoms with E-state index in [2.05, 4.69) is 20.4 Å². The van der Waals surface area contributed by atoms with Gasteiger partial charge in [-0.25, -0.2) is 0 Å². The Labute approximate surface area is 162 Å². The summed E-state index contributed by atoms with van der Waals surface area (Å²) >= 11 is 0. The number of rotatable bonds is 4. The van der Waals surface area contributed by atoms with E-state index in [4.69, 9.17) is 9.05 Å². The summed E-state index contributed by atoms with van der Waals surface area (Å²) in [5, 5.41) is 12.3. The minimum absolute atomic E-state index is 0.181. The fraction of sp³-hybridized carbons (Fsp3) is 0.526. The Balaban J connectivity index is 1.61. The topological polar surface area (TPSA) is 103 Å². The van der Waals surface area contributed by atoms with Crippen LogP contribution in [0.15, 0.2) is 27.5 Å². The highest BCUT2D eigenvalue weighted by molar-refractivity contribution is 5.91. The molecule has 0 spiro atoms. The summed E-state index contributed by atoms with van der Waals surface area (Å²) in [4.78, 5) is 19.5. The molecule has 1 unspecified atom stereocenters. The lowest BCUT2D eigenvalue weighted by atomic mass is 10.1. The maximum atomic E-state index is 13.1. The average Bonchev–Trinajstić information content (AvgIpc) is 3.39. The van der Waals surface area contributed by atoms with Crippen molar-refractivity contribution in [3.63, 3.8) is 0 Å². The fourth-order valence-electron chi connectivity index (χ4n) is 3.44. The van der Waals surface area contributed by atoms with Crippen LogP contribution in [0.1, 0.15) is 73.6 Å². The highest BCUT2D eigenvalue weighted by Gasteiger charge is 2.33. The SMILES string of the molecule is CC(C)c1cc(C(=O)N2CCCCCC2c2noc(-c3cnn(C)c3)n2)on1. The zero-order chi connectivity index (χ0) is 19.7. The molecule has 3 aromatic rings. The van der Waals surface area contributed by atoms with E-state index in [-0.39, 0.29) is 23.6 Å². The van der Waals surface area contributed by atoms with E-state index in [1.165, 1.54) is 0 Å². The Kier molecular flexibility index (Phi) is 4.97. The van der Waals surface area contributed by atoms with Gasteiger partial charge in [-0.1, -0.05) is 37.0 Å². The third-order valence-corrected chi connectivity index (χ3v) is 5.04. The second-order valence-corrected chi connectivity index (χ2v) is 7.49. The van der Waals surface area contributed by atoms with E-state index in [9.17, 15) is 4.79 Å². The molecule has 28 heavy (non-hydrogen) atoms. The summed E-state index contributed by atoms with van der Waals surface area (Å²) in [6, 6.07) is 1.48. The molecule has 0 aromatic carbocycles. The zero-order valence-corrected chi connectivity index (χ0v) is 16.3. The lowest BCUT2D eigenvalue weighted by molar-refractivity contribution is 0.0627. The van der Waals surface area contributed by atoms with Gasteiger partial charge in [-0.05, 0) is 18.8 Å². The van der Waals surface area contributed by atoms with E-state index in [0.29, 0.717) is 18.3 Å². The van der Waals surface area contributed by atoms with Gasteiger partial charge < -0.3 is 13.9 Å². The molecule has 0 aliphatic carbocycles. The van der Waals surface area contributed by atoms with Crippen LogP contribution < -0.4 is 0 Å². The van der Waals surface area contributed by atoms with E-state index < -0.39 is 0 Å². The molecule has 0 saturated carbocycles. The number of amides is 1. The van der Waals surface area contributed by atoms with Crippen LogP contribution in [0.5, 0.6) is 0 Å². The van der Waals surface area contributed by atoms with Gasteiger partial charge in [-0.15, -0.1) is 0 Å². The Morgan fingerprint density at radius 1 is 1.21 bits per heavy atom. The molecule has 1 fully saturated rings. The van der Waals surface area contributed by atoms with Gasteiger partial charge in [-0.3, -0.25) is 9.48 Å². The third-order valence-electron chi connectivity index (χ3n) is 5.04. The molecule has 1 aliphatic heterocycles. The van der Waals surface area contributed by atoms with Gasteiger partial charge in [0.05, 0.1) is 23.5 Å². The fourth-order valence-corrected chi connectivity index (χ4v) is 3.44. The average molecular weight is 384 g/mol. The van der Waals surface area contributed by atoms with Crippen LogP contribution in [0.25, 0.3) is 11.5 Å². The molecule has 1 amide bonds. The summed E-state index contributed by atoms with van der Waals surface area (Å²) in [7, 11) is 1.83. The van der Waals surface area contributed by atoms with Gasteiger partial charge in [-0.2, -0.15) is 10.1 Å². The minimum atomic E-state index is -0.253. The summed E-state index contributed by atoms with van der Waals surface area (Å²) in [5.74, 6) is 1.19. The molecular formula is C19H24N6O3. The summed E-state index contributed by atoms with van der Waals surface area (Å²) in [6.45, 7) is 4.65. The minimum Gasteiger partial charge on any atom is -0.351 e. The predicted octanol–water partition coefficient (Wildman–Crippen LogP) is 3.34. The standard InChI is InChI=1S/C19H24N6O3/c1-12(2)14-9-16(27-22-14)19(26)25-8-6-4-5-7-15(25)17-21-18(28-23-17)13-10-20-24(3)11-13/h9-12,15H,4-8H2,1-3H3. The molecule has 0 bridgehead atoms. The maximum Gasteiger partial charge on any atom is 0.293 e. The molecule has 9 nitrogen and oxygen atoms in total. The first kappa shape index (κ1) is 18.4. The molecule has 148 valence electrons. The van der Waals surface area contributed by atoms with Crippen molar-refractivity contribution in [2.75, 3.05) is 6.54 Å². The normalized spacial score (nSPS) is 17.9. The van der Waals surface area contributed by atoms with Crippen molar-refractivity contribution in [2.24, 2.45) is 7.05 Å². The molecule has 3 aromatic heterocycles. The number of nitrogens with zero attached hydrogens (tertiary/aromatic N) is 6. The van der Waals surface area contributed by atoms with Crippen molar-refractivity contribution in [3.8, 4) is 11.5 Å². The smallest absolute Gasteiger partial charge is 0.293 e. The number of carbonyl (C=O) groups excluding carboxylic acids is 1. The highest BCUT2D eigenvalue weighted by Crippen LogP contribution is 2.31. The second kappa shape index (κ2) is 7.57. The van der Waals surface area contributed by atoms with Crippen LogP contribution in [0.3, 0.4) is 0 Å². The zero-order valence-electron chi connectivity index (χ0n) is 16.3. The quantitative estimate of drug-likeness (QED) is 0.679. The Morgan fingerprint density at radius 2 is 2.07 bits per heavy atom. The van der Waals surface area contributed by atoms with Gasteiger partial charge in [0.2, 0.25) is 5.76 Å². The maximum absolute atomic E-state index is 13.1. The molecule has 1 atom stereocenters. The van der Waals surface area contributed by atoms with Gasteiger partial charge in [0, 0.05) is 25.9 Å². The number of hydrogen-bond donors (Lipinski definition) is 0. The third kappa shape index (κ3) is 3.56. The van der Waals surface area contributed by atoms with E-state index in [0.717, 1.165) is 36.9 Å². The molecule has 1 aliphatic rings. The molecule has 0 radical (unpaired) electrons. The van der Waals surface area contributed by atoms with Crippen LogP contribution in [-0.4, -0.2) is 42.4 Å². The number of aryl methyl sites for hydroxylation is 1. The summed E-state index contributed by atoms with van der Waals surface area (Å²) < 4.78 is 12.4. The lowest BCUT2D eigenvalue weighted by Gasteiger charge is -2.26. The van der Waals surface area contributed by atoms with Gasteiger partial charge in [0.15, 0.2) is 5.82 Å². The molecule has 4 heterocycles. The molecule has 9 heteroatoms. The molecule has 0 N–H and O–H groups in total. The Morgan fingerprint density at radius 3 is 2.79 bits per heavy atom. The van der Waals surface area contributed by atoms with Crippen LogP contribution in [0.4, 0.5) is 0 Å². The number of likely N-dealkylation sites (tertiary alicyclic amines) is 1. The molecule has 1 saturated heterocycles. The largest absolute Gasteiger partial charge is 0.351 e. The predicted molar refractivity (Wildman–Crippen MR) is 99.3 cm³/mol. The highest BCUT2D eigenvalue weighted by atomic mass is 16.5. The van der Waals surface area contributed by atoms with Crippen molar-refractivity contribution in [1.29, 1.82) is 0 Å². The van der Waals surface area contributed by atoms with Crippen LogP contribution >= 0.6 is 0 Å². The first-order valence-electron chi connectivity index (χ1n) is 9.63. The van der Waals surface area contributed by atoms with E-state index >= 15 is 0 Å². The first-order chi connectivity index (χ1) is 13.5. The van der Waals surface area contributed by atoms with E-state index in [1.807, 2.05) is 27.1 Å². The van der Waals surface area contributed by atoms with Crippen molar-refractivity contribution in [3.05, 3.63) is 35.7 Å². The van der Waals surface area contributed by atoms with Crippen molar-refractivity contribution in [2.45, 2.75) is 51.5 Å². The first-order valence-corrected chi connectivity index (χ1v) is 9.63. The molecular weight excluding hydrogens is 360 g/mol. The van der Waals surface area contributed by atoms with Gasteiger partial charge in [0.1, 0.15) is 0 Å². The van der Waals surface area contributed by atoms with Crippen molar-refractivity contribution < 1.29 is 13.8 Å². The van der Waals surface area contributed by atoms with Gasteiger partial charge in [0.25, 0.3) is 11.8 Å². The number of carbonyl (C=O) groups is 1. The van der Waals surface area contributed by atoms with Crippen molar-refractivity contribution >= 4 is 5.91 Å². The lowest BCUT2D eigenvalue weighted by Crippen LogP contribution is -2.35. The van der Waals surface area contributed by atoms with Gasteiger partial charge >= 0.3 is 0 Å². The Hall–Kier alpha value is -2.97. The summed E-state index contributed by atoms with van der Waals surface area (Å²) in [6.07, 6.45) is 7.26. The van der Waals surface area contributed by atoms with E-state index in [1.54, 1.807) is 21.8 Å². The monoisotopic (exact) mass is 384 g/mol.